The number of thiophene rings is 1. The summed E-state index contributed by atoms with van der Waals surface area (Å²) in [6.45, 7) is 9.60. The topological polar surface area (TPSA) is 33.2 Å². The van der Waals surface area contributed by atoms with Gasteiger partial charge in [0.15, 0.2) is 0 Å². The van der Waals surface area contributed by atoms with Crippen molar-refractivity contribution < 1.29 is 4.79 Å². The highest BCUT2D eigenvalue weighted by Crippen LogP contribution is 2.43. The van der Waals surface area contributed by atoms with Crippen molar-refractivity contribution in [2.24, 2.45) is 0 Å². The number of benzene rings is 1. The molecule has 3 nitrogen and oxygen atoms in total. The third-order valence-electron chi connectivity index (χ3n) is 5.89. The lowest BCUT2D eigenvalue weighted by molar-refractivity contribution is 0.0772. The van der Waals surface area contributed by atoms with Gasteiger partial charge in [-0.25, -0.2) is 4.98 Å². The number of pyridine rings is 1. The second kappa shape index (κ2) is 7.67. The van der Waals surface area contributed by atoms with Crippen molar-refractivity contribution in [2.75, 3.05) is 13.1 Å². The number of amides is 1. The number of nitrogens with zero attached hydrogens (tertiary/aromatic N) is 2. The molecule has 0 bridgehead atoms. The SMILES string of the molecule is CCN(CC)C(=O)c1c(C)nc2sc3c(c2c1-c1ccc(C)cc1)CCCC3. The second-order valence-corrected chi connectivity index (χ2v) is 8.77. The van der Waals surface area contributed by atoms with E-state index in [1.54, 1.807) is 0 Å². The summed E-state index contributed by atoms with van der Waals surface area (Å²) in [5.41, 5.74) is 6.52. The lowest BCUT2D eigenvalue weighted by atomic mass is 9.89. The van der Waals surface area contributed by atoms with E-state index in [0.717, 1.165) is 40.1 Å². The van der Waals surface area contributed by atoms with Gasteiger partial charge in [-0.1, -0.05) is 29.8 Å². The molecule has 3 aromatic rings. The van der Waals surface area contributed by atoms with Crippen molar-refractivity contribution in [3.8, 4) is 11.1 Å². The quantitative estimate of drug-likeness (QED) is 0.550. The first-order valence-corrected chi connectivity index (χ1v) is 11.2. The molecule has 2 heterocycles. The first kappa shape index (κ1) is 19.1. The van der Waals surface area contributed by atoms with Crippen LogP contribution in [0.1, 0.15) is 58.7 Å². The van der Waals surface area contributed by atoms with E-state index in [9.17, 15) is 4.79 Å². The third kappa shape index (κ3) is 3.14. The minimum atomic E-state index is 0.100. The monoisotopic (exact) mass is 392 g/mol. The molecule has 4 heteroatoms. The summed E-state index contributed by atoms with van der Waals surface area (Å²) >= 11 is 1.83. The lowest BCUT2D eigenvalue weighted by Gasteiger charge is -2.23. The predicted octanol–water partition coefficient (Wildman–Crippen LogP) is 5.94. The van der Waals surface area contributed by atoms with Gasteiger partial charge in [-0.15, -0.1) is 11.3 Å². The summed E-state index contributed by atoms with van der Waals surface area (Å²) in [5, 5.41) is 1.23. The molecule has 0 N–H and O–H groups in total. The Balaban J connectivity index is 2.07. The molecule has 0 fully saturated rings. The molecule has 1 amide bonds. The molecule has 146 valence electrons. The van der Waals surface area contributed by atoms with Crippen molar-refractivity contribution in [1.82, 2.24) is 9.88 Å². The molecule has 0 unspecified atom stereocenters. The molecular weight excluding hydrogens is 364 g/mol. The maximum atomic E-state index is 13.5. The molecule has 0 atom stereocenters. The Labute approximate surface area is 171 Å². The highest BCUT2D eigenvalue weighted by molar-refractivity contribution is 7.19. The normalized spacial score (nSPS) is 13.6. The van der Waals surface area contributed by atoms with Gasteiger partial charge < -0.3 is 4.90 Å². The summed E-state index contributed by atoms with van der Waals surface area (Å²) in [6.07, 6.45) is 4.71. The zero-order valence-corrected chi connectivity index (χ0v) is 18.1. The van der Waals surface area contributed by atoms with E-state index in [-0.39, 0.29) is 5.91 Å². The molecule has 4 rings (SSSR count). The Hall–Kier alpha value is -2.20. The standard InChI is InChI=1S/C24H28N2OS/c1-5-26(6-2)24(27)20-16(4)25-23-22(18-9-7-8-10-19(18)28-23)21(20)17-13-11-15(3)12-14-17/h11-14H,5-10H2,1-4H3. The fraction of sp³-hybridized carbons (Fsp3) is 0.417. The van der Waals surface area contributed by atoms with Crippen LogP contribution in [0, 0.1) is 13.8 Å². The van der Waals surface area contributed by atoms with Gasteiger partial charge in [0.25, 0.3) is 5.91 Å². The van der Waals surface area contributed by atoms with Gasteiger partial charge in [-0.2, -0.15) is 0 Å². The number of hydrogen-bond acceptors (Lipinski definition) is 3. The van der Waals surface area contributed by atoms with Crippen molar-refractivity contribution in [1.29, 1.82) is 0 Å². The van der Waals surface area contributed by atoms with Crippen LogP contribution in [0.4, 0.5) is 0 Å². The Morgan fingerprint density at radius 2 is 1.75 bits per heavy atom. The number of rotatable bonds is 4. The molecule has 1 aromatic carbocycles. The fourth-order valence-corrected chi connectivity index (χ4v) is 5.66. The van der Waals surface area contributed by atoms with E-state index in [1.807, 2.05) is 37.0 Å². The number of carbonyl (C=O) groups is 1. The molecule has 1 aliphatic carbocycles. The van der Waals surface area contributed by atoms with Gasteiger partial charge in [0.1, 0.15) is 4.83 Å². The molecule has 0 aliphatic heterocycles. The fourth-order valence-electron chi connectivity index (χ4n) is 4.34. The highest BCUT2D eigenvalue weighted by atomic mass is 32.1. The minimum absolute atomic E-state index is 0.100. The zero-order valence-electron chi connectivity index (χ0n) is 17.3. The van der Waals surface area contributed by atoms with Gasteiger partial charge in [0.2, 0.25) is 0 Å². The van der Waals surface area contributed by atoms with Gasteiger partial charge in [-0.05, 0) is 64.5 Å². The number of hydrogen-bond donors (Lipinski definition) is 0. The summed E-state index contributed by atoms with van der Waals surface area (Å²) in [4.78, 5) is 22.9. The summed E-state index contributed by atoms with van der Waals surface area (Å²) < 4.78 is 0. The van der Waals surface area contributed by atoms with Gasteiger partial charge in [0, 0.05) is 28.9 Å². The Kier molecular flexibility index (Phi) is 5.24. The number of carbonyl (C=O) groups excluding carboxylic acids is 1. The Morgan fingerprint density at radius 3 is 2.43 bits per heavy atom. The summed E-state index contributed by atoms with van der Waals surface area (Å²) in [5.74, 6) is 0.100. The number of aromatic nitrogens is 1. The maximum Gasteiger partial charge on any atom is 0.256 e. The molecule has 2 aromatic heterocycles. The van der Waals surface area contributed by atoms with E-state index in [2.05, 4.69) is 31.2 Å². The van der Waals surface area contributed by atoms with E-state index in [4.69, 9.17) is 4.98 Å². The van der Waals surface area contributed by atoms with Crippen molar-refractivity contribution in [2.45, 2.75) is 53.4 Å². The van der Waals surface area contributed by atoms with Crippen LogP contribution >= 0.6 is 11.3 Å². The van der Waals surface area contributed by atoms with Crippen LogP contribution in [-0.4, -0.2) is 28.9 Å². The van der Waals surface area contributed by atoms with Crippen LogP contribution in [0.15, 0.2) is 24.3 Å². The number of aryl methyl sites for hydroxylation is 4. The predicted molar refractivity (Wildman–Crippen MR) is 118 cm³/mol. The molecular formula is C24H28N2OS. The second-order valence-electron chi connectivity index (χ2n) is 7.68. The summed E-state index contributed by atoms with van der Waals surface area (Å²) in [6, 6.07) is 8.60. The van der Waals surface area contributed by atoms with E-state index >= 15 is 0 Å². The van der Waals surface area contributed by atoms with Gasteiger partial charge in [-0.3, -0.25) is 4.79 Å². The van der Waals surface area contributed by atoms with Crippen molar-refractivity contribution in [3.63, 3.8) is 0 Å². The maximum absolute atomic E-state index is 13.5. The minimum Gasteiger partial charge on any atom is -0.339 e. The average Bonchev–Trinajstić information content (AvgIpc) is 3.06. The molecule has 0 radical (unpaired) electrons. The van der Waals surface area contributed by atoms with E-state index in [1.165, 1.54) is 34.2 Å². The first-order valence-electron chi connectivity index (χ1n) is 10.4. The summed E-state index contributed by atoms with van der Waals surface area (Å²) in [7, 11) is 0. The van der Waals surface area contributed by atoms with E-state index < -0.39 is 0 Å². The zero-order chi connectivity index (χ0) is 19.8. The largest absolute Gasteiger partial charge is 0.339 e. The van der Waals surface area contributed by atoms with Crippen LogP contribution in [0.3, 0.4) is 0 Å². The molecule has 0 spiro atoms. The van der Waals surface area contributed by atoms with Gasteiger partial charge >= 0.3 is 0 Å². The highest BCUT2D eigenvalue weighted by Gasteiger charge is 2.27. The third-order valence-corrected chi connectivity index (χ3v) is 7.07. The van der Waals surface area contributed by atoms with Crippen LogP contribution < -0.4 is 0 Å². The molecule has 0 saturated heterocycles. The lowest BCUT2D eigenvalue weighted by Crippen LogP contribution is -2.31. The van der Waals surface area contributed by atoms with Crippen molar-refractivity contribution >= 4 is 27.5 Å². The number of fused-ring (bicyclic) bond motifs is 3. The average molecular weight is 393 g/mol. The van der Waals surface area contributed by atoms with Crippen LogP contribution in [-0.2, 0) is 12.8 Å². The smallest absolute Gasteiger partial charge is 0.256 e. The Bertz CT molecular complexity index is 1030. The van der Waals surface area contributed by atoms with Gasteiger partial charge in [0.05, 0.1) is 11.3 Å². The Morgan fingerprint density at radius 1 is 1.07 bits per heavy atom. The van der Waals surface area contributed by atoms with Crippen LogP contribution in [0.25, 0.3) is 21.3 Å². The van der Waals surface area contributed by atoms with Crippen LogP contribution in [0.2, 0.25) is 0 Å². The molecule has 1 aliphatic rings. The molecule has 0 saturated carbocycles. The molecule has 28 heavy (non-hydrogen) atoms. The van der Waals surface area contributed by atoms with Crippen LogP contribution in [0.5, 0.6) is 0 Å². The van der Waals surface area contributed by atoms with E-state index in [0.29, 0.717) is 13.1 Å². The van der Waals surface area contributed by atoms with Crippen molar-refractivity contribution in [3.05, 3.63) is 51.5 Å². The first-order chi connectivity index (χ1) is 13.5.